The second kappa shape index (κ2) is 13.1. The van der Waals surface area contributed by atoms with Gasteiger partial charge in [0.15, 0.2) is 0 Å². The van der Waals surface area contributed by atoms with Gasteiger partial charge in [-0.2, -0.15) is 0 Å². The van der Waals surface area contributed by atoms with Crippen LogP contribution in [0.2, 0.25) is 0 Å². The van der Waals surface area contributed by atoms with Crippen molar-refractivity contribution in [1.29, 1.82) is 0 Å². The Morgan fingerprint density at radius 1 is 0.865 bits per heavy atom. The van der Waals surface area contributed by atoms with Crippen molar-refractivity contribution in [3.63, 3.8) is 0 Å². The molecule has 5 nitrogen and oxygen atoms in total. The summed E-state index contributed by atoms with van der Waals surface area (Å²) in [4.78, 5) is 23.5. The lowest BCUT2D eigenvalue weighted by Gasteiger charge is -2.22. The molecule has 3 rings (SSSR count). The number of benzene rings is 3. The lowest BCUT2D eigenvalue weighted by Crippen LogP contribution is -2.25. The van der Waals surface area contributed by atoms with Gasteiger partial charge in [0.1, 0.15) is 23.4 Å². The zero-order valence-electron chi connectivity index (χ0n) is 22.8. The second-order valence-corrected chi connectivity index (χ2v) is 10.2. The number of carbonyl (C=O) groups excluding carboxylic acids is 2. The maximum atomic E-state index is 12.4. The van der Waals surface area contributed by atoms with E-state index < -0.39 is 0 Å². The Kier molecular flexibility index (Phi) is 9.90. The lowest BCUT2D eigenvalue weighted by molar-refractivity contribution is -0.116. The van der Waals surface area contributed by atoms with E-state index >= 15 is 0 Å². The maximum absolute atomic E-state index is 12.4. The van der Waals surface area contributed by atoms with Gasteiger partial charge in [0.25, 0.3) is 5.91 Å². The fourth-order valence-electron chi connectivity index (χ4n) is 4.18. The Hall–Kier alpha value is -3.60. The predicted octanol–water partition coefficient (Wildman–Crippen LogP) is 7.36. The normalized spacial score (nSPS) is 11.9. The van der Waals surface area contributed by atoms with Crippen LogP contribution in [0.5, 0.6) is 11.5 Å². The molecule has 0 bridgehead atoms. The van der Waals surface area contributed by atoms with Crippen LogP contribution in [0, 0.1) is 5.92 Å². The van der Waals surface area contributed by atoms with E-state index in [4.69, 9.17) is 9.47 Å². The Balaban J connectivity index is 1.78. The van der Waals surface area contributed by atoms with Crippen molar-refractivity contribution >= 4 is 11.7 Å². The standard InChI is InChI=1S/C32H39NO4/c1-21(2)19-30(26-11-13-27(14-12-26)32(35)33-18-17-23(5)34)37-28-15-16-29(31(20-28)36-6)25-9-7-24(8-10-25)22(3)4/h7-16,20-22,30H,17-19H2,1-6H3,(H,33,35). The summed E-state index contributed by atoms with van der Waals surface area (Å²) in [7, 11) is 1.68. The molecule has 5 heteroatoms. The molecule has 1 unspecified atom stereocenters. The summed E-state index contributed by atoms with van der Waals surface area (Å²) < 4.78 is 12.2. The summed E-state index contributed by atoms with van der Waals surface area (Å²) in [6.45, 7) is 10.6. The van der Waals surface area contributed by atoms with Gasteiger partial charge in [-0.25, -0.2) is 0 Å². The van der Waals surface area contributed by atoms with Crippen LogP contribution >= 0.6 is 0 Å². The highest BCUT2D eigenvalue weighted by Crippen LogP contribution is 2.36. The third kappa shape index (κ3) is 7.94. The molecule has 37 heavy (non-hydrogen) atoms. The van der Waals surface area contributed by atoms with E-state index in [1.807, 2.05) is 30.3 Å². The largest absolute Gasteiger partial charge is 0.496 e. The van der Waals surface area contributed by atoms with E-state index in [2.05, 4.69) is 57.3 Å². The minimum Gasteiger partial charge on any atom is -0.496 e. The first kappa shape index (κ1) is 28.0. The zero-order valence-corrected chi connectivity index (χ0v) is 22.8. The highest BCUT2D eigenvalue weighted by atomic mass is 16.5. The van der Waals surface area contributed by atoms with Gasteiger partial charge in [0.05, 0.1) is 7.11 Å². The van der Waals surface area contributed by atoms with E-state index in [0.29, 0.717) is 30.4 Å². The van der Waals surface area contributed by atoms with Gasteiger partial charge in [-0.3, -0.25) is 9.59 Å². The molecule has 1 N–H and O–H groups in total. The number of carbonyl (C=O) groups is 2. The fraction of sp³-hybridized carbons (Fsp3) is 0.375. The van der Waals surface area contributed by atoms with Gasteiger partial charge in [-0.05, 0) is 66.1 Å². The van der Waals surface area contributed by atoms with Gasteiger partial charge in [0.2, 0.25) is 0 Å². The van der Waals surface area contributed by atoms with E-state index in [-0.39, 0.29) is 17.8 Å². The van der Waals surface area contributed by atoms with Crippen LogP contribution in [0.3, 0.4) is 0 Å². The van der Waals surface area contributed by atoms with E-state index in [1.165, 1.54) is 12.5 Å². The summed E-state index contributed by atoms with van der Waals surface area (Å²) in [5.41, 5.74) is 4.99. The van der Waals surface area contributed by atoms with Gasteiger partial charge < -0.3 is 14.8 Å². The van der Waals surface area contributed by atoms with Crippen LogP contribution in [0.25, 0.3) is 11.1 Å². The van der Waals surface area contributed by atoms with Crippen molar-refractivity contribution < 1.29 is 19.1 Å². The summed E-state index contributed by atoms with van der Waals surface area (Å²) in [5, 5.41) is 2.79. The monoisotopic (exact) mass is 501 g/mol. The molecule has 0 heterocycles. The van der Waals surface area contributed by atoms with Crippen LogP contribution in [-0.2, 0) is 4.79 Å². The quantitative estimate of drug-likeness (QED) is 0.282. The molecule has 0 fully saturated rings. The number of methoxy groups -OCH3 is 1. The summed E-state index contributed by atoms with van der Waals surface area (Å²) >= 11 is 0. The third-order valence-corrected chi connectivity index (χ3v) is 6.33. The molecule has 0 aliphatic carbocycles. The van der Waals surface area contributed by atoms with Crippen molar-refractivity contribution in [1.82, 2.24) is 5.32 Å². The Morgan fingerprint density at radius 3 is 2.08 bits per heavy atom. The maximum Gasteiger partial charge on any atom is 0.251 e. The number of ketones is 1. The second-order valence-electron chi connectivity index (χ2n) is 10.2. The van der Waals surface area contributed by atoms with Crippen molar-refractivity contribution in [2.24, 2.45) is 5.92 Å². The van der Waals surface area contributed by atoms with Crippen LogP contribution in [0.1, 0.15) is 81.0 Å². The van der Waals surface area contributed by atoms with E-state index in [9.17, 15) is 9.59 Å². The molecular weight excluding hydrogens is 462 g/mol. The highest BCUT2D eigenvalue weighted by molar-refractivity contribution is 5.94. The van der Waals surface area contributed by atoms with Crippen molar-refractivity contribution in [2.45, 2.75) is 59.5 Å². The number of hydrogen-bond donors (Lipinski definition) is 1. The minimum atomic E-state index is -0.184. The molecule has 196 valence electrons. The number of hydrogen-bond acceptors (Lipinski definition) is 4. The van der Waals surface area contributed by atoms with E-state index in [0.717, 1.165) is 34.6 Å². The third-order valence-electron chi connectivity index (χ3n) is 6.33. The molecule has 0 radical (unpaired) electrons. The molecule has 0 saturated heterocycles. The zero-order chi connectivity index (χ0) is 26.9. The number of amides is 1. The van der Waals surface area contributed by atoms with Crippen molar-refractivity contribution in [2.75, 3.05) is 13.7 Å². The Bertz CT molecular complexity index is 1180. The first-order chi connectivity index (χ1) is 17.7. The van der Waals surface area contributed by atoms with Gasteiger partial charge in [-0.1, -0.05) is 64.1 Å². The number of ether oxygens (including phenoxy) is 2. The molecule has 0 aliphatic rings. The Morgan fingerprint density at radius 2 is 1.51 bits per heavy atom. The van der Waals surface area contributed by atoms with Crippen LogP contribution in [-0.4, -0.2) is 25.3 Å². The van der Waals surface area contributed by atoms with Crippen molar-refractivity contribution in [3.8, 4) is 22.6 Å². The lowest BCUT2D eigenvalue weighted by atomic mass is 9.97. The van der Waals surface area contributed by atoms with Crippen molar-refractivity contribution in [3.05, 3.63) is 83.4 Å². The smallest absolute Gasteiger partial charge is 0.251 e. The molecule has 0 aliphatic heterocycles. The first-order valence-corrected chi connectivity index (χ1v) is 13.0. The predicted molar refractivity (Wildman–Crippen MR) is 149 cm³/mol. The first-order valence-electron chi connectivity index (χ1n) is 13.0. The SMILES string of the molecule is COc1cc(OC(CC(C)C)c2ccc(C(=O)NCCC(C)=O)cc2)ccc1-c1ccc(C(C)C)cc1. The molecule has 0 saturated carbocycles. The van der Waals surface area contributed by atoms with E-state index in [1.54, 1.807) is 19.2 Å². The highest BCUT2D eigenvalue weighted by Gasteiger charge is 2.18. The summed E-state index contributed by atoms with van der Waals surface area (Å²) in [5.74, 6) is 2.26. The molecule has 0 spiro atoms. The average molecular weight is 502 g/mol. The van der Waals surface area contributed by atoms with Crippen LogP contribution < -0.4 is 14.8 Å². The molecule has 1 atom stereocenters. The summed E-state index contributed by atoms with van der Waals surface area (Å²) in [6.07, 6.45) is 0.987. The molecule has 0 aromatic heterocycles. The van der Waals surface area contributed by atoms with Gasteiger partial charge in [-0.15, -0.1) is 0 Å². The number of nitrogens with one attached hydrogen (secondary N) is 1. The van der Waals surface area contributed by atoms with Crippen LogP contribution in [0.15, 0.2) is 66.7 Å². The average Bonchev–Trinajstić information content (AvgIpc) is 2.88. The number of rotatable bonds is 12. The molecule has 1 amide bonds. The molecule has 3 aromatic carbocycles. The number of Topliss-reactive ketones (excluding diaryl/α,β-unsaturated/α-hetero) is 1. The Labute approximate surface area is 221 Å². The summed E-state index contributed by atoms with van der Waals surface area (Å²) in [6, 6.07) is 22.0. The molecule has 3 aromatic rings. The van der Waals surface area contributed by atoms with Gasteiger partial charge >= 0.3 is 0 Å². The fourth-order valence-corrected chi connectivity index (χ4v) is 4.18. The molecular formula is C32H39NO4. The van der Waals surface area contributed by atoms with Crippen LogP contribution in [0.4, 0.5) is 0 Å². The topological polar surface area (TPSA) is 64.6 Å². The minimum absolute atomic E-state index is 0.0537. The van der Waals surface area contributed by atoms with Gasteiger partial charge in [0, 0.05) is 30.2 Å².